The van der Waals surface area contributed by atoms with Gasteiger partial charge in [0.1, 0.15) is 5.52 Å². The maximum Gasteiger partial charge on any atom is 0.298 e. The highest BCUT2D eigenvalue weighted by Gasteiger charge is 2.27. The van der Waals surface area contributed by atoms with Crippen molar-refractivity contribution in [1.29, 1.82) is 0 Å². The van der Waals surface area contributed by atoms with Gasteiger partial charge in [0.2, 0.25) is 5.91 Å². The first-order valence-corrected chi connectivity index (χ1v) is 9.33. The second kappa shape index (κ2) is 7.04. The second-order valence-electron chi connectivity index (χ2n) is 7.16. The van der Waals surface area contributed by atoms with Crippen molar-refractivity contribution in [3.8, 4) is 0 Å². The molecule has 0 spiro atoms. The molecule has 0 radical (unpaired) electrons. The number of rotatable bonds is 3. The van der Waals surface area contributed by atoms with Gasteiger partial charge < -0.3 is 14.2 Å². The Labute approximate surface area is 148 Å². The number of anilines is 1. The van der Waals surface area contributed by atoms with Gasteiger partial charge in [-0.2, -0.15) is 4.98 Å². The predicted octanol–water partition coefficient (Wildman–Crippen LogP) is 2.35. The SMILES string of the molecule is CC1CCCCN1C(=O)CN1CCN(c2nc3ccccc3o2)CC1. The molecule has 4 rings (SSSR count). The molecule has 25 heavy (non-hydrogen) atoms. The largest absolute Gasteiger partial charge is 0.423 e. The first-order valence-electron chi connectivity index (χ1n) is 9.33. The molecule has 1 amide bonds. The minimum absolute atomic E-state index is 0.280. The summed E-state index contributed by atoms with van der Waals surface area (Å²) in [5.74, 6) is 0.280. The van der Waals surface area contributed by atoms with Crippen LogP contribution in [-0.4, -0.2) is 66.0 Å². The molecule has 1 aromatic heterocycles. The lowest BCUT2D eigenvalue weighted by Gasteiger charge is -2.37. The number of fused-ring (bicyclic) bond motifs is 1. The fraction of sp³-hybridized carbons (Fsp3) is 0.579. The van der Waals surface area contributed by atoms with Gasteiger partial charge in [-0.3, -0.25) is 9.69 Å². The molecule has 1 atom stereocenters. The third kappa shape index (κ3) is 3.49. The maximum atomic E-state index is 12.6. The van der Waals surface area contributed by atoms with E-state index in [1.54, 1.807) is 0 Å². The summed E-state index contributed by atoms with van der Waals surface area (Å²) in [5.41, 5.74) is 1.73. The van der Waals surface area contributed by atoms with E-state index in [1.807, 2.05) is 24.3 Å². The van der Waals surface area contributed by atoms with E-state index in [4.69, 9.17) is 4.42 Å². The van der Waals surface area contributed by atoms with Crippen LogP contribution in [0.3, 0.4) is 0 Å². The minimum Gasteiger partial charge on any atom is -0.423 e. The minimum atomic E-state index is 0.280. The lowest BCUT2D eigenvalue weighted by atomic mass is 10.0. The number of hydrogen-bond acceptors (Lipinski definition) is 5. The Morgan fingerprint density at radius 3 is 2.72 bits per heavy atom. The molecule has 134 valence electrons. The summed E-state index contributed by atoms with van der Waals surface area (Å²) in [6, 6.07) is 8.93. The van der Waals surface area contributed by atoms with E-state index < -0.39 is 0 Å². The van der Waals surface area contributed by atoms with Crippen molar-refractivity contribution in [2.75, 3.05) is 44.2 Å². The van der Waals surface area contributed by atoms with Crippen LogP contribution >= 0.6 is 0 Å². The van der Waals surface area contributed by atoms with Gasteiger partial charge in [-0.25, -0.2) is 0 Å². The van der Waals surface area contributed by atoms with Crippen LogP contribution < -0.4 is 4.90 Å². The highest BCUT2D eigenvalue weighted by Crippen LogP contribution is 2.23. The van der Waals surface area contributed by atoms with Crippen molar-refractivity contribution >= 4 is 23.0 Å². The molecule has 0 N–H and O–H groups in total. The van der Waals surface area contributed by atoms with Gasteiger partial charge >= 0.3 is 0 Å². The summed E-state index contributed by atoms with van der Waals surface area (Å²) < 4.78 is 5.85. The van der Waals surface area contributed by atoms with E-state index in [1.165, 1.54) is 6.42 Å². The van der Waals surface area contributed by atoms with E-state index in [0.29, 0.717) is 18.6 Å². The number of piperidine rings is 1. The monoisotopic (exact) mass is 342 g/mol. The topological polar surface area (TPSA) is 52.8 Å². The number of oxazole rings is 1. The van der Waals surface area contributed by atoms with Gasteiger partial charge in [-0.1, -0.05) is 12.1 Å². The van der Waals surface area contributed by atoms with Crippen LogP contribution in [-0.2, 0) is 4.79 Å². The van der Waals surface area contributed by atoms with Crippen LogP contribution in [0.2, 0.25) is 0 Å². The summed E-state index contributed by atoms with van der Waals surface area (Å²) in [6.45, 7) is 7.04. The Bertz CT molecular complexity index is 703. The number of nitrogens with zero attached hydrogens (tertiary/aromatic N) is 4. The number of aromatic nitrogens is 1. The van der Waals surface area contributed by atoms with Crippen molar-refractivity contribution in [3.63, 3.8) is 0 Å². The molecule has 2 aliphatic heterocycles. The molecule has 1 unspecified atom stereocenters. The van der Waals surface area contributed by atoms with Crippen molar-refractivity contribution in [1.82, 2.24) is 14.8 Å². The summed E-state index contributed by atoms with van der Waals surface area (Å²) in [4.78, 5) is 23.6. The lowest BCUT2D eigenvalue weighted by Crippen LogP contribution is -2.52. The second-order valence-corrected chi connectivity index (χ2v) is 7.16. The van der Waals surface area contributed by atoms with Gasteiger partial charge in [0, 0.05) is 38.8 Å². The predicted molar refractivity (Wildman–Crippen MR) is 97.7 cm³/mol. The lowest BCUT2D eigenvalue weighted by molar-refractivity contribution is -0.135. The maximum absolute atomic E-state index is 12.6. The zero-order chi connectivity index (χ0) is 17.2. The van der Waals surface area contributed by atoms with Gasteiger partial charge in [-0.15, -0.1) is 0 Å². The number of piperazine rings is 1. The highest BCUT2D eigenvalue weighted by molar-refractivity contribution is 5.78. The molecule has 2 aliphatic rings. The number of amides is 1. The highest BCUT2D eigenvalue weighted by atomic mass is 16.4. The van der Waals surface area contributed by atoms with Crippen LogP contribution in [0.5, 0.6) is 0 Å². The van der Waals surface area contributed by atoms with Gasteiger partial charge in [0.25, 0.3) is 6.01 Å². The summed E-state index contributed by atoms with van der Waals surface area (Å²) in [7, 11) is 0. The molecule has 0 saturated carbocycles. The smallest absolute Gasteiger partial charge is 0.298 e. The van der Waals surface area contributed by atoms with Crippen LogP contribution in [0.1, 0.15) is 26.2 Å². The molecular weight excluding hydrogens is 316 g/mol. The summed E-state index contributed by atoms with van der Waals surface area (Å²) in [6.07, 6.45) is 3.52. The molecule has 1 aromatic carbocycles. The van der Waals surface area contributed by atoms with Gasteiger partial charge in [0.05, 0.1) is 6.54 Å². The molecule has 2 fully saturated rings. The van der Waals surface area contributed by atoms with Crippen molar-refractivity contribution in [2.45, 2.75) is 32.2 Å². The quantitative estimate of drug-likeness (QED) is 0.857. The average Bonchev–Trinajstić information content (AvgIpc) is 3.07. The third-order valence-corrected chi connectivity index (χ3v) is 5.41. The number of para-hydroxylation sites is 2. The molecule has 0 bridgehead atoms. The molecule has 2 aromatic rings. The van der Waals surface area contributed by atoms with E-state index in [2.05, 4.69) is 26.6 Å². The summed E-state index contributed by atoms with van der Waals surface area (Å²) >= 11 is 0. The van der Waals surface area contributed by atoms with Crippen molar-refractivity contribution < 1.29 is 9.21 Å². The van der Waals surface area contributed by atoms with E-state index in [-0.39, 0.29) is 5.91 Å². The zero-order valence-corrected chi connectivity index (χ0v) is 14.9. The Hall–Kier alpha value is -2.08. The van der Waals surface area contributed by atoms with E-state index >= 15 is 0 Å². The van der Waals surface area contributed by atoms with Crippen molar-refractivity contribution in [3.05, 3.63) is 24.3 Å². The fourth-order valence-corrected chi connectivity index (χ4v) is 3.84. The Kier molecular flexibility index (Phi) is 4.61. The summed E-state index contributed by atoms with van der Waals surface area (Å²) in [5, 5.41) is 0. The van der Waals surface area contributed by atoms with Crippen molar-refractivity contribution in [2.24, 2.45) is 0 Å². The fourth-order valence-electron chi connectivity index (χ4n) is 3.84. The number of carbonyl (C=O) groups excluding carboxylic acids is 1. The van der Waals surface area contributed by atoms with Crippen LogP contribution in [0, 0.1) is 0 Å². The van der Waals surface area contributed by atoms with Gasteiger partial charge in [-0.05, 0) is 38.3 Å². The number of hydrogen-bond donors (Lipinski definition) is 0. The standard InChI is InChI=1S/C19H26N4O2/c1-15-6-4-5-9-23(15)18(24)14-21-10-12-22(13-11-21)19-20-16-7-2-3-8-17(16)25-19/h2-3,7-8,15H,4-6,9-14H2,1H3. The molecule has 0 aliphatic carbocycles. The van der Waals surface area contributed by atoms with Crippen LogP contribution in [0.25, 0.3) is 11.1 Å². The Morgan fingerprint density at radius 2 is 1.96 bits per heavy atom. The number of carbonyl (C=O) groups is 1. The van der Waals surface area contributed by atoms with Gasteiger partial charge in [0.15, 0.2) is 5.58 Å². The van der Waals surface area contributed by atoms with E-state index in [0.717, 1.165) is 56.7 Å². The van der Waals surface area contributed by atoms with E-state index in [9.17, 15) is 4.79 Å². The molecule has 3 heterocycles. The number of likely N-dealkylation sites (tertiary alicyclic amines) is 1. The third-order valence-electron chi connectivity index (χ3n) is 5.41. The molecule has 2 saturated heterocycles. The Morgan fingerprint density at radius 1 is 1.16 bits per heavy atom. The normalized spacial score (nSPS) is 22.5. The molecule has 6 nitrogen and oxygen atoms in total. The zero-order valence-electron chi connectivity index (χ0n) is 14.9. The molecular formula is C19H26N4O2. The molecule has 6 heteroatoms. The first kappa shape index (κ1) is 16.4. The Balaban J connectivity index is 1.32. The van der Waals surface area contributed by atoms with Crippen LogP contribution in [0.15, 0.2) is 28.7 Å². The number of benzene rings is 1. The van der Waals surface area contributed by atoms with Crippen LogP contribution in [0.4, 0.5) is 6.01 Å². The average molecular weight is 342 g/mol. The first-order chi connectivity index (χ1) is 12.2.